The fourth-order valence-electron chi connectivity index (χ4n) is 5.41. The van der Waals surface area contributed by atoms with Crippen LogP contribution < -0.4 is 9.64 Å². The van der Waals surface area contributed by atoms with Crippen molar-refractivity contribution in [2.75, 3.05) is 38.2 Å². The Morgan fingerprint density at radius 3 is 2.39 bits per heavy atom. The topological polar surface area (TPSA) is 48.6 Å². The monoisotopic (exact) mass is 481 g/mol. The van der Waals surface area contributed by atoms with Gasteiger partial charge in [0.1, 0.15) is 5.75 Å². The molecule has 0 saturated carbocycles. The molecule has 5 nitrogen and oxygen atoms in total. The number of fused-ring (bicyclic) bond motifs is 1. The molecule has 1 unspecified atom stereocenters. The second-order valence-electron chi connectivity index (χ2n) is 9.59. The first-order valence-electron chi connectivity index (χ1n) is 13.0. The number of rotatable bonds is 8. The summed E-state index contributed by atoms with van der Waals surface area (Å²) < 4.78 is 5.28. The highest BCUT2D eigenvalue weighted by Crippen LogP contribution is 2.33. The summed E-state index contributed by atoms with van der Waals surface area (Å²) in [7, 11) is 1.68. The van der Waals surface area contributed by atoms with Crippen LogP contribution in [0.15, 0.2) is 79.0 Å². The van der Waals surface area contributed by atoms with Crippen LogP contribution in [0.1, 0.15) is 36.0 Å². The van der Waals surface area contributed by atoms with E-state index < -0.39 is 0 Å². The van der Waals surface area contributed by atoms with Crippen molar-refractivity contribution in [3.8, 4) is 5.75 Å². The van der Waals surface area contributed by atoms with Gasteiger partial charge in [0, 0.05) is 55.4 Å². The molecule has 1 fully saturated rings. The van der Waals surface area contributed by atoms with E-state index in [4.69, 9.17) is 4.74 Å². The fourth-order valence-corrected chi connectivity index (χ4v) is 5.41. The number of benzene rings is 3. The zero-order chi connectivity index (χ0) is 24.9. The van der Waals surface area contributed by atoms with Gasteiger partial charge in [-0.05, 0) is 59.7 Å². The molecule has 5 rings (SSSR count). The van der Waals surface area contributed by atoms with Crippen LogP contribution in [-0.2, 0) is 17.6 Å². The van der Waals surface area contributed by atoms with Crippen molar-refractivity contribution in [2.24, 2.45) is 0 Å². The Balaban J connectivity index is 1.32. The third kappa shape index (κ3) is 5.11. The lowest BCUT2D eigenvalue weighted by Gasteiger charge is -2.36. The minimum atomic E-state index is 0.125. The number of methoxy groups -OCH3 is 1. The van der Waals surface area contributed by atoms with Gasteiger partial charge in [-0.1, -0.05) is 55.5 Å². The summed E-state index contributed by atoms with van der Waals surface area (Å²) in [5, 5.41) is 1.24. The third-order valence-corrected chi connectivity index (χ3v) is 7.47. The number of aryl methyl sites for hydroxylation is 1. The van der Waals surface area contributed by atoms with E-state index in [1.54, 1.807) is 7.11 Å². The van der Waals surface area contributed by atoms with Gasteiger partial charge in [-0.25, -0.2) is 0 Å². The number of aromatic nitrogens is 1. The van der Waals surface area contributed by atoms with Crippen molar-refractivity contribution in [3.05, 3.63) is 95.7 Å². The molecule has 4 aromatic rings. The van der Waals surface area contributed by atoms with E-state index >= 15 is 0 Å². The summed E-state index contributed by atoms with van der Waals surface area (Å²) in [4.78, 5) is 21.5. The molecule has 1 amide bonds. The number of piperazine rings is 1. The van der Waals surface area contributed by atoms with E-state index in [0.29, 0.717) is 6.42 Å². The van der Waals surface area contributed by atoms with Crippen molar-refractivity contribution < 1.29 is 9.53 Å². The molecule has 1 aromatic heterocycles. The molecular weight excluding hydrogens is 446 g/mol. The SMILES string of the molecule is CCc1cccc2c(C(CC(=O)N3CCN(c4ccc(OC)cc4)CC3)Cc3ccccc3)c[nH]c12. The number of H-pyrrole nitrogens is 1. The Bertz CT molecular complexity index is 1290. The number of ether oxygens (including phenoxy) is 1. The lowest BCUT2D eigenvalue weighted by atomic mass is 9.88. The summed E-state index contributed by atoms with van der Waals surface area (Å²) in [5.41, 5.74) is 6.21. The van der Waals surface area contributed by atoms with Crippen molar-refractivity contribution in [1.82, 2.24) is 9.88 Å². The smallest absolute Gasteiger partial charge is 0.223 e. The standard InChI is InChI=1S/C31H35N3O2/c1-3-24-10-7-11-28-29(22-32-31(24)28)25(20-23-8-5-4-6-9-23)21-30(35)34-18-16-33(17-19-34)26-12-14-27(36-2)15-13-26/h4-15,22,25,32H,3,16-21H2,1-2H3. The molecule has 1 saturated heterocycles. The van der Waals surface area contributed by atoms with Crippen LogP contribution >= 0.6 is 0 Å². The van der Waals surface area contributed by atoms with Crippen LogP contribution in [-0.4, -0.2) is 49.1 Å². The number of nitrogens with one attached hydrogen (secondary N) is 1. The number of nitrogens with zero attached hydrogens (tertiary/aromatic N) is 2. The number of carbonyl (C=O) groups excluding carboxylic acids is 1. The van der Waals surface area contributed by atoms with Gasteiger partial charge >= 0.3 is 0 Å². The molecule has 1 atom stereocenters. The normalized spacial score (nSPS) is 14.7. The lowest BCUT2D eigenvalue weighted by Crippen LogP contribution is -2.49. The first-order chi connectivity index (χ1) is 17.7. The van der Waals surface area contributed by atoms with Crippen LogP contribution in [0.4, 0.5) is 5.69 Å². The van der Waals surface area contributed by atoms with Crippen molar-refractivity contribution in [1.29, 1.82) is 0 Å². The molecule has 0 spiro atoms. The van der Waals surface area contributed by atoms with Gasteiger partial charge in [-0.15, -0.1) is 0 Å². The van der Waals surface area contributed by atoms with Crippen molar-refractivity contribution in [2.45, 2.75) is 32.1 Å². The maximum atomic E-state index is 13.6. The quantitative estimate of drug-likeness (QED) is 0.346. The average molecular weight is 482 g/mol. The lowest BCUT2D eigenvalue weighted by molar-refractivity contribution is -0.131. The van der Waals surface area contributed by atoms with Crippen LogP contribution in [0.5, 0.6) is 5.75 Å². The number of para-hydroxylation sites is 1. The second-order valence-corrected chi connectivity index (χ2v) is 9.59. The Hall–Kier alpha value is -3.73. The predicted octanol–water partition coefficient (Wildman–Crippen LogP) is 5.80. The van der Waals surface area contributed by atoms with Crippen molar-refractivity contribution in [3.63, 3.8) is 0 Å². The number of hydrogen-bond donors (Lipinski definition) is 1. The summed E-state index contributed by atoms with van der Waals surface area (Å²) >= 11 is 0. The number of hydrogen-bond acceptors (Lipinski definition) is 3. The molecule has 5 heteroatoms. The number of amides is 1. The van der Waals surface area contributed by atoms with Gasteiger partial charge in [0.2, 0.25) is 5.91 Å². The van der Waals surface area contributed by atoms with E-state index in [-0.39, 0.29) is 11.8 Å². The summed E-state index contributed by atoms with van der Waals surface area (Å²) in [6, 6.07) is 25.2. The fraction of sp³-hybridized carbons (Fsp3) is 0.323. The summed E-state index contributed by atoms with van der Waals surface area (Å²) in [6.07, 6.45) is 4.48. The predicted molar refractivity (Wildman–Crippen MR) is 147 cm³/mol. The first-order valence-corrected chi connectivity index (χ1v) is 13.0. The molecule has 0 aliphatic carbocycles. The molecule has 0 radical (unpaired) electrons. The summed E-state index contributed by atoms with van der Waals surface area (Å²) in [6.45, 7) is 5.36. The van der Waals surface area contributed by atoms with Gasteiger partial charge in [0.05, 0.1) is 7.11 Å². The minimum Gasteiger partial charge on any atom is -0.497 e. The molecule has 1 aliphatic heterocycles. The van der Waals surface area contributed by atoms with Crippen LogP contribution in [0.3, 0.4) is 0 Å². The molecule has 0 bridgehead atoms. The Labute approximate surface area is 213 Å². The first kappa shape index (κ1) is 24.0. The zero-order valence-corrected chi connectivity index (χ0v) is 21.2. The maximum absolute atomic E-state index is 13.6. The van der Waals surface area contributed by atoms with Crippen molar-refractivity contribution >= 4 is 22.5 Å². The highest BCUT2D eigenvalue weighted by molar-refractivity contribution is 5.87. The van der Waals surface area contributed by atoms with Gasteiger partial charge in [0.15, 0.2) is 0 Å². The van der Waals surface area contributed by atoms with Gasteiger partial charge in [-0.2, -0.15) is 0 Å². The number of carbonyl (C=O) groups is 1. The molecule has 1 aliphatic rings. The second kappa shape index (κ2) is 10.9. The highest BCUT2D eigenvalue weighted by atomic mass is 16.5. The minimum absolute atomic E-state index is 0.125. The molecule has 2 heterocycles. The maximum Gasteiger partial charge on any atom is 0.223 e. The van der Waals surface area contributed by atoms with Gasteiger partial charge in [0.25, 0.3) is 0 Å². The average Bonchev–Trinajstić information content (AvgIpc) is 3.38. The van der Waals surface area contributed by atoms with E-state index in [2.05, 4.69) is 77.6 Å². The van der Waals surface area contributed by atoms with E-state index in [9.17, 15) is 4.79 Å². The highest BCUT2D eigenvalue weighted by Gasteiger charge is 2.26. The third-order valence-electron chi connectivity index (χ3n) is 7.47. The van der Waals surface area contributed by atoms with E-state index in [1.807, 2.05) is 23.1 Å². The molecule has 1 N–H and O–H groups in total. The Morgan fingerprint density at radius 1 is 0.944 bits per heavy atom. The zero-order valence-electron chi connectivity index (χ0n) is 21.2. The Morgan fingerprint density at radius 2 is 1.69 bits per heavy atom. The van der Waals surface area contributed by atoms with Gasteiger partial charge in [-0.3, -0.25) is 4.79 Å². The molecule has 36 heavy (non-hydrogen) atoms. The van der Waals surface area contributed by atoms with Crippen LogP contribution in [0, 0.1) is 0 Å². The largest absolute Gasteiger partial charge is 0.497 e. The molecular formula is C31H35N3O2. The van der Waals surface area contributed by atoms with E-state index in [1.165, 1.54) is 33.3 Å². The van der Waals surface area contributed by atoms with Gasteiger partial charge < -0.3 is 19.5 Å². The van der Waals surface area contributed by atoms with E-state index in [0.717, 1.165) is 44.8 Å². The molecule has 3 aromatic carbocycles. The number of aromatic amines is 1. The van der Waals surface area contributed by atoms with Crippen LogP contribution in [0.25, 0.3) is 10.9 Å². The van der Waals surface area contributed by atoms with Crippen LogP contribution in [0.2, 0.25) is 0 Å². The Kier molecular flexibility index (Phi) is 7.26. The summed E-state index contributed by atoms with van der Waals surface area (Å²) in [5.74, 6) is 1.23. The molecule has 186 valence electrons. The number of anilines is 1.